The van der Waals surface area contributed by atoms with Gasteiger partial charge >= 0.3 is 6.09 Å². The number of carbonyl (C=O) groups is 1. The summed E-state index contributed by atoms with van der Waals surface area (Å²) >= 11 is 0. The maximum atomic E-state index is 11.8. The van der Waals surface area contributed by atoms with Crippen LogP contribution in [0.2, 0.25) is 0 Å². The number of alkyl carbamates (subject to hydrolysis) is 1. The van der Waals surface area contributed by atoms with E-state index in [0.717, 1.165) is 29.2 Å². The summed E-state index contributed by atoms with van der Waals surface area (Å²) in [5.41, 5.74) is 4.27. The molecule has 1 aromatic heterocycles. The second kappa shape index (κ2) is 7.86. The number of hydrogen-bond acceptors (Lipinski definition) is 4. The van der Waals surface area contributed by atoms with Crippen LogP contribution in [0.4, 0.5) is 4.79 Å². The number of methoxy groups -OCH3 is 1. The van der Waals surface area contributed by atoms with E-state index in [9.17, 15) is 4.79 Å². The average Bonchev–Trinajstić information content (AvgIpc) is 3.18. The van der Waals surface area contributed by atoms with Crippen LogP contribution in [0.25, 0.3) is 5.69 Å². The van der Waals surface area contributed by atoms with Gasteiger partial charge < -0.3 is 14.8 Å². The molecule has 1 aromatic carbocycles. The Balaban J connectivity index is 1.75. The van der Waals surface area contributed by atoms with Crippen molar-refractivity contribution in [3.63, 3.8) is 0 Å². The van der Waals surface area contributed by atoms with Crippen molar-refractivity contribution in [3.05, 3.63) is 53.4 Å². The number of hydrogen-bond donors (Lipinski definition) is 1. The molecule has 1 aliphatic carbocycles. The van der Waals surface area contributed by atoms with Crippen LogP contribution in [0.3, 0.4) is 0 Å². The van der Waals surface area contributed by atoms with Crippen molar-refractivity contribution in [1.82, 2.24) is 15.1 Å². The summed E-state index contributed by atoms with van der Waals surface area (Å²) < 4.78 is 12.7. The molecule has 0 aliphatic heterocycles. The van der Waals surface area contributed by atoms with Gasteiger partial charge in [-0.3, -0.25) is 0 Å². The Morgan fingerprint density at radius 1 is 1.22 bits per heavy atom. The second-order valence-corrected chi connectivity index (χ2v) is 7.16. The standard InChI is InChI=1S/C21H27N3O3/c1-13(2)22-21(25)27-19-9-6-16(12-19)20-14(3)23-24(15(20)4)17-7-10-18(26-5)11-8-17/h6-11,13,16,19H,12H2,1-5H3,(H,22,25). The Morgan fingerprint density at radius 3 is 2.56 bits per heavy atom. The third-order valence-electron chi connectivity index (χ3n) is 4.74. The van der Waals surface area contributed by atoms with E-state index in [1.807, 2.05) is 55.8 Å². The fourth-order valence-corrected chi connectivity index (χ4v) is 3.54. The number of allylic oxidation sites excluding steroid dienone is 1. The van der Waals surface area contributed by atoms with Gasteiger partial charge in [0.05, 0.1) is 18.5 Å². The third kappa shape index (κ3) is 4.15. The van der Waals surface area contributed by atoms with Crippen molar-refractivity contribution in [2.75, 3.05) is 7.11 Å². The molecule has 1 amide bonds. The molecule has 0 bridgehead atoms. The molecule has 0 saturated carbocycles. The van der Waals surface area contributed by atoms with Crippen LogP contribution in [0, 0.1) is 13.8 Å². The van der Waals surface area contributed by atoms with Crippen LogP contribution in [0.1, 0.15) is 43.1 Å². The van der Waals surface area contributed by atoms with Crippen LogP contribution in [-0.2, 0) is 4.74 Å². The van der Waals surface area contributed by atoms with Gasteiger partial charge in [-0.15, -0.1) is 0 Å². The van der Waals surface area contributed by atoms with Crippen LogP contribution < -0.4 is 10.1 Å². The van der Waals surface area contributed by atoms with Crippen molar-refractivity contribution in [3.8, 4) is 11.4 Å². The summed E-state index contributed by atoms with van der Waals surface area (Å²) in [5.74, 6) is 1.01. The number of nitrogens with one attached hydrogen (secondary N) is 1. The topological polar surface area (TPSA) is 65.4 Å². The summed E-state index contributed by atoms with van der Waals surface area (Å²) in [5, 5.41) is 7.49. The lowest BCUT2D eigenvalue weighted by atomic mass is 9.96. The molecule has 144 valence electrons. The molecule has 1 N–H and O–H groups in total. The van der Waals surface area contributed by atoms with Gasteiger partial charge in [0.25, 0.3) is 0 Å². The fraction of sp³-hybridized carbons (Fsp3) is 0.429. The number of aromatic nitrogens is 2. The zero-order valence-electron chi connectivity index (χ0n) is 16.5. The minimum Gasteiger partial charge on any atom is -0.497 e. The average molecular weight is 369 g/mol. The van der Waals surface area contributed by atoms with Gasteiger partial charge in [0.2, 0.25) is 0 Å². The van der Waals surface area contributed by atoms with Crippen molar-refractivity contribution < 1.29 is 14.3 Å². The molecule has 3 rings (SSSR count). The normalized spacial score (nSPS) is 18.7. The number of nitrogens with zero attached hydrogens (tertiary/aromatic N) is 2. The number of ether oxygens (including phenoxy) is 2. The van der Waals surface area contributed by atoms with E-state index in [1.54, 1.807) is 7.11 Å². The van der Waals surface area contributed by atoms with Crippen LogP contribution in [-0.4, -0.2) is 35.1 Å². The Hall–Kier alpha value is -2.76. The molecule has 0 saturated heterocycles. The van der Waals surface area contributed by atoms with Crippen molar-refractivity contribution in [2.24, 2.45) is 0 Å². The fourth-order valence-electron chi connectivity index (χ4n) is 3.54. The molecular formula is C21H27N3O3. The number of rotatable bonds is 5. The number of benzene rings is 1. The van der Waals surface area contributed by atoms with E-state index in [1.165, 1.54) is 5.56 Å². The number of aryl methyl sites for hydroxylation is 1. The molecule has 27 heavy (non-hydrogen) atoms. The van der Waals surface area contributed by atoms with Gasteiger partial charge in [-0.05, 0) is 64.5 Å². The van der Waals surface area contributed by atoms with E-state index in [4.69, 9.17) is 14.6 Å². The van der Waals surface area contributed by atoms with E-state index >= 15 is 0 Å². The van der Waals surface area contributed by atoms with Crippen LogP contribution in [0.5, 0.6) is 5.75 Å². The van der Waals surface area contributed by atoms with Crippen LogP contribution in [0.15, 0.2) is 36.4 Å². The Labute approximate surface area is 160 Å². The zero-order chi connectivity index (χ0) is 19.6. The lowest BCUT2D eigenvalue weighted by Gasteiger charge is -2.15. The first-order valence-electron chi connectivity index (χ1n) is 9.25. The van der Waals surface area contributed by atoms with Crippen molar-refractivity contribution in [2.45, 2.75) is 52.2 Å². The largest absolute Gasteiger partial charge is 0.497 e. The first-order chi connectivity index (χ1) is 12.9. The first kappa shape index (κ1) is 19.0. The summed E-state index contributed by atoms with van der Waals surface area (Å²) in [4.78, 5) is 11.8. The van der Waals surface area contributed by atoms with Crippen LogP contribution >= 0.6 is 0 Å². The highest BCUT2D eigenvalue weighted by molar-refractivity contribution is 5.68. The molecule has 0 radical (unpaired) electrons. The number of carbonyl (C=O) groups excluding carboxylic acids is 1. The summed E-state index contributed by atoms with van der Waals surface area (Å²) in [6.07, 6.45) is 4.23. The summed E-state index contributed by atoms with van der Waals surface area (Å²) in [6.45, 7) is 7.92. The molecule has 0 spiro atoms. The van der Waals surface area contributed by atoms with E-state index < -0.39 is 0 Å². The van der Waals surface area contributed by atoms with E-state index in [-0.39, 0.29) is 24.2 Å². The second-order valence-electron chi connectivity index (χ2n) is 7.16. The van der Waals surface area contributed by atoms with Gasteiger partial charge in [-0.25, -0.2) is 9.48 Å². The molecule has 0 fully saturated rings. The highest BCUT2D eigenvalue weighted by Gasteiger charge is 2.28. The lowest BCUT2D eigenvalue weighted by Crippen LogP contribution is -2.33. The highest BCUT2D eigenvalue weighted by Crippen LogP contribution is 2.35. The number of amides is 1. The molecule has 1 aliphatic rings. The lowest BCUT2D eigenvalue weighted by molar-refractivity contribution is 0.115. The quantitative estimate of drug-likeness (QED) is 0.808. The van der Waals surface area contributed by atoms with Crippen molar-refractivity contribution in [1.29, 1.82) is 0 Å². The first-order valence-corrected chi connectivity index (χ1v) is 9.25. The highest BCUT2D eigenvalue weighted by atomic mass is 16.6. The SMILES string of the molecule is COc1ccc(-n2nc(C)c(C3C=CC(OC(=O)NC(C)C)C3)c2C)cc1. The molecule has 2 aromatic rings. The van der Waals surface area contributed by atoms with Gasteiger partial charge in [0, 0.05) is 23.2 Å². The third-order valence-corrected chi connectivity index (χ3v) is 4.74. The van der Waals surface area contributed by atoms with Gasteiger partial charge in [0.1, 0.15) is 11.9 Å². The summed E-state index contributed by atoms with van der Waals surface area (Å²) in [7, 11) is 1.66. The minimum absolute atomic E-state index is 0.0610. The predicted octanol–water partition coefficient (Wildman–Crippen LogP) is 4.04. The van der Waals surface area contributed by atoms with Gasteiger partial charge in [-0.1, -0.05) is 6.08 Å². The molecule has 1 heterocycles. The molecular weight excluding hydrogens is 342 g/mol. The Morgan fingerprint density at radius 2 is 1.93 bits per heavy atom. The monoisotopic (exact) mass is 369 g/mol. The van der Waals surface area contributed by atoms with Gasteiger partial charge in [0.15, 0.2) is 0 Å². The molecule has 2 unspecified atom stereocenters. The van der Waals surface area contributed by atoms with E-state index in [2.05, 4.69) is 18.3 Å². The molecule has 6 heteroatoms. The molecule has 6 nitrogen and oxygen atoms in total. The predicted molar refractivity (Wildman–Crippen MR) is 105 cm³/mol. The smallest absolute Gasteiger partial charge is 0.407 e. The summed E-state index contributed by atoms with van der Waals surface area (Å²) in [6, 6.07) is 7.91. The minimum atomic E-state index is -0.373. The maximum absolute atomic E-state index is 11.8. The Kier molecular flexibility index (Phi) is 5.54. The zero-order valence-corrected chi connectivity index (χ0v) is 16.5. The van der Waals surface area contributed by atoms with E-state index in [0.29, 0.717) is 0 Å². The maximum Gasteiger partial charge on any atom is 0.407 e. The van der Waals surface area contributed by atoms with Crippen molar-refractivity contribution >= 4 is 6.09 Å². The molecule has 2 atom stereocenters. The van der Waals surface area contributed by atoms with Gasteiger partial charge in [-0.2, -0.15) is 5.10 Å². The Bertz CT molecular complexity index is 837.